The average molecular weight is 1290 g/mol. The Kier molecular flexibility index (Phi) is 22.8. The highest BCUT2D eigenvalue weighted by atomic mass is 32.2. The second-order valence-corrected chi connectivity index (χ2v) is 30.5. The molecule has 7 amide bonds. The Morgan fingerprint density at radius 1 is 0.648 bits per heavy atom. The van der Waals surface area contributed by atoms with Gasteiger partial charge in [-0.1, -0.05) is 45.0 Å². The van der Waals surface area contributed by atoms with Gasteiger partial charge in [-0.3, -0.25) is 29.1 Å². The molecule has 4 fully saturated rings. The second-order valence-electron chi connectivity index (χ2n) is 25.4. The van der Waals surface area contributed by atoms with Crippen molar-refractivity contribution in [2.24, 2.45) is 11.3 Å². The number of benzene rings is 2. The summed E-state index contributed by atoms with van der Waals surface area (Å²) in [6, 6.07) is 16.1. The monoisotopic (exact) mass is 1290 g/mol. The van der Waals surface area contributed by atoms with E-state index in [9.17, 15) is 42.0 Å². The van der Waals surface area contributed by atoms with Crippen LogP contribution in [0.4, 0.5) is 21.0 Å². The number of sulfonamides is 1. The van der Waals surface area contributed by atoms with Crippen LogP contribution in [0.5, 0.6) is 5.75 Å². The molecule has 4 aromatic rings. The number of carbonyl (C=O) groups is 7. The highest BCUT2D eigenvalue weighted by Crippen LogP contribution is 2.43. The van der Waals surface area contributed by atoms with E-state index in [1.54, 1.807) is 125 Å². The van der Waals surface area contributed by atoms with Crippen LogP contribution < -0.4 is 26.1 Å². The molecule has 0 spiro atoms. The van der Waals surface area contributed by atoms with Crippen molar-refractivity contribution < 1.29 is 55.8 Å². The maximum atomic E-state index is 14.2. The quantitative estimate of drug-likeness (QED) is 0.0741. The molecule has 23 nitrogen and oxygen atoms in total. The molecule has 4 N–H and O–H groups in total. The van der Waals surface area contributed by atoms with Gasteiger partial charge in [-0.05, 0) is 133 Å². The third-order valence-corrected chi connectivity index (χ3v) is 20.0. The van der Waals surface area contributed by atoms with Crippen molar-refractivity contribution in [3.05, 3.63) is 109 Å². The fourth-order valence-electron chi connectivity index (χ4n) is 10.8. The van der Waals surface area contributed by atoms with Gasteiger partial charge in [0, 0.05) is 97.5 Å². The van der Waals surface area contributed by atoms with Crippen molar-refractivity contribution in [3.8, 4) is 5.75 Å². The van der Waals surface area contributed by atoms with Gasteiger partial charge in [0.1, 0.15) is 28.6 Å². The Balaban J connectivity index is 0.00000547. The zero-order chi connectivity index (χ0) is 64.4. The number of nitrogens with one attached hydrogen (secondary N) is 4. The van der Waals surface area contributed by atoms with Gasteiger partial charge in [0.05, 0.1) is 24.0 Å². The first-order chi connectivity index (χ1) is 41.5. The summed E-state index contributed by atoms with van der Waals surface area (Å²) in [6.07, 6.45) is 7.32. The number of piperidine rings is 1. The number of Topliss-reactive ketones (excluding diaryl/α,β-unsaturated/α-hetero) is 1. The lowest BCUT2D eigenvalue weighted by Gasteiger charge is -2.38. The number of pyridine rings is 2. The van der Waals surface area contributed by atoms with Crippen LogP contribution in [0.15, 0.2) is 102 Å². The number of likely N-dealkylation sites (tertiary alicyclic amines) is 1. The molecule has 476 valence electrons. The van der Waals surface area contributed by atoms with Gasteiger partial charge in [0.25, 0.3) is 0 Å². The van der Waals surface area contributed by atoms with E-state index in [4.69, 9.17) is 13.8 Å². The Bertz CT molecular complexity index is 3210. The summed E-state index contributed by atoms with van der Waals surface area (Å²) in [5, 5.41) is 13.4. The van der Waals surface area contributed by atoms with Gasteiger partial charge in [0.15, 0.2) is 24.1 Å². The zero-order valence-corrected chi connectivity index (χ0v) is 54.7. The third kappa shape index (κ3) is 18.2. The van der Waals surface area contributed by atoms with Crippen molar-refractivity contribution in [1.82, 2.24) is 44.7 Å². The Labute approximate surface area is 529 Å². The van der Waals surface area contributed by atoms with Crippen LogP contribution in [0.3, 0.4) is 0 Å². The maximum absolute atomic E-state index is 14.2. The zero-order valence-electron chi connectivity index (χ0n) is 51.5. The van der Waals surface area contributed by atoms with E-state index in [2.05, 4.69) is 43.8 Å². The number of nitrogens with zero attached hydrogens (tertiary/aromatic N) is 7. The van der Waals surface area contributed by atoms with Crippen LogP contribution in [0.1, 0.15) is 99.6 Å². The average Bonchev–Trinajstić information content (AvgIpc) is 2.11. The van der Waals surface area contributed by atoms with Crippen molar-refractivity contribution in [2.45, 2.75) is 145 Å². The van der Waals surface area contributed by atoms with Gasteiger partial charge in [0.2, 0.25) is 27.7 Å². The van der Waals surface area contributed by atoms with E-state index >= 15 is 0 Å². The lowest BCUT2D eigenvalue weighted by molar-refractivity contribution is -0.160. The summed E-state index contributed by atoms with van der Waals surface area (Å²) >= 11 is 5.73. The van der Waals surface area contributed by atoms with Gasteiger partial charge in [-0.15, -0.1) is 28.6 Å². The number of hydrogen-bond acceptors (Lipinski definition) is 18. The molecular weight excluding hydrogens is 1210 g/mol. The van der Waals surface area contributed by atoms with Crippen LogP contribution >= 0.6 is 23.5 Å². The van der Waals surface area contributed by atoms with Crippen molar-refractivity contribution in [2.75, 3.05) is 61.7 Å². The molecule has 0 bridgehead atoms. The molecule has 4 aliphatic rings. The van der Waals surface area contributed by atoms with Gasteiger partial charge >= 0.3 is 18.0 Å². The van der Waals surface area contributed by atoms with Crippen LogP contribution in [0.2, 0.25) is 0 Å². The molecule has 4 aliphatic heterocycles. The smallest absolute Gasteiger partial charge is 0.329 e. The Hall–Kier alpha value is -6.78. The number of esters is 1. The number of thioether (sulfide) groups is 2. The molecule has 4 atom stereocenters. The number of amides is 7. The predicted octanol–water partition coefficient (Wildman–Crippen LogP) is 6.85. The van der Waals surface area contributed by atoms with Gasteiger partial charge in [-0.25, -0.2) is 22.8 Å². The molecule has 0 radical (unpaired) electrons. The molecule has 6 heterocycles. The Morgan fingerprint density at radius 2 is 1.14 bits per heavy atom. The van der Waals surface area contributed by atoms with E-state index in [0.29, 0.717) is 75.1 Å². The highest BCUT2D eigenvalue weighted by Gasteiger charge is 2.52. The first-order valence-electron chi connectivity index (χ1n) is 29.1. The number of piperazine rings is 1. The number of carbonyl (C=O) groups excluding carboxylic acids is 7. The van der Waals surface area contributed by atoms with Crippen LogP contribution in [-0.4, -0.2) is 178 Å². The molecule has 27 heteroatoms. The number of hydroxylamine groups is 2. The maximum Gasteiger partial charge on any atom is 0.329 e. The minimum atomic E-state index is -4.09. The number of ether oxygens (including phenoxy) is 1. The van der Waals surface area contributed by atoms with E-state index < -0.39 is 61.2 Å². The molecule has 2 aromatic heterocycles. The molecule has 0 unspecified atom stereocenters. The topological polar surface area (TPSA) is 279 Å². The number of hydrogen-bond donors (Lipinski definition) is 4. The first-order valence-corrected chi connectivity index (χ1v) is 32.9. The van der Waals surface area contributed by atoms with Gasteiger partial charge < -0.3 is 45.5 Å². The minimum absolute atomic E-state index is 0.00757. The van der Waals surface area contributed by atoms with Crippen molar-refractivity contribution in [1.29, 1.82) is 0 Å². The normalized spacial score (nSPS) is 19.7. The van der Waals surface area contributed by atoms with Gasteiger partial charge in [-0.2, -0.15) is 8.51 Å². The van der Waals surface area contributed by atoms with Crippen molar-refractivity contribution in [3.63, 3.8) is 0 Å². The molecule has 0 saturated carbocycles. The molecular formula is C61H81N11O12S4. The number of aromatic nitrogens is 2. The molecule has 88 heavy (non-hydrogen) atoms. The molecule has 2 aromatic carbocycles. The van der Waals surface area contributed by atoms with Crippen molar-refractivity contribution >= 4 is 99.0 Å². The number of urea groups is 2. The summed E-state index contributed by atoms with van der Waals surface area (Å²) < 4.78 is 41.0. The predicted molar refractivity (Wildman–Crippen MR) is 338 cm³/mol. The summed E-state index contributed by atoms with van der Waals surface area (Å²) in [5.74, 6) is -1.07. The summed E-state index contributed by atoms with van der Waals surface area (Å²) in [6.45, 7) is 20.7. The van der Waals surface area contributed by atoms with E-state index in [1.165, 1.54) is 40.6 Å². The molecule has 8 rings (SSSR count). The van der Waals surface area contributed by atoms with Crippen LogP contribution in [-0.2, 0) is 64.1 Å². The number of ketones is 1. The number of rotatable bonds is 18. The van der Waals surface area contributed by atoms with E-state index in [1.807, 2.05) is 48.5 Å². The van der Waals surface area contributed by atoms with E-state index in [0.717, 1.165) is 11.1 Å². The largest absolute Gasteiger partial charge is 0.458 e. The first kappa shape index (κ1) is 68.7. The highest BCUT2D eigenvalue weighted by molar-refractivity contribution is 8.02. The molecule has 0 aliphatic carbocycles. The fourth-order valence-corrected chi connectivity index (χ4v) is 15.0. The number of anilines is 2. The van der Waals surface area contributed by atoms with Crippen LogP contribution in [0, 0.1) is 11.3 Å². The fraction of sp³-hybridized carbons (Fsp3) is 0.525. The Morgan fingerprint density at radius 3 is 1.66 bits per heavy atom. The lowest BCUT2D eigenvalue weighted by Crippen LogP contribution is -2.56. The SMILES string of the molecule is CC(C)(C)CC(=O)[C@H](Cc1ccc(NC(=O)N2CCN(C(=O)C3CCN(C(=O)Nc4ccc(C[C@H](NC(=O)[C@H]5N(Oc6cccnc6)CSC5(C)C)C(=O)OC(C)(C)C)cc4)CC3)CC2)cc1)NC(=O)[C@H]1N(S(=O)(=O)c2cccnc2)CSC1(C)C.O=S. The molecule has 4 saturated heterocycles. The van der Waals surface area contributed by atoms with Crippen LogP contribution in [0.25, 0.3) is 0 Å². The third-order valence-electron chi connectivity index (χ3n) is 15.3. The lowest BCUT2D eigenvalue weighted by atomic mass is 9.86. The summed E-state index contributed by atoms with van der Waals surface area (Å²) in [4.78, 5) is 116. The summed E-state index contributed by atoms with van der Waals surface area (Å²) in [5.41, 5.74) is 1.31. The standard InChI is InChI=1S/C61H81N11O11S3.OS/c1-58(2,3)35-49(73)47(66-53(75)51-61(9,10)85-39-72(51)86(80,81)46-14-12-26-63-37-46)33-40-15-19-44(20-16-40)65-57(79)70-31-29-68(30-32-70)54(76)42-23-27-69(28-24-42)56(78)64-43-21-17-41(18-22-43)34-48(55(77)82-59(4,5)6)67-52(74)50-60(7,8)84-38-71(50)83-45-13-11-25-62-36-45;1-2/h11-22,25-26,36-37,42,47-48,50-51H,23-24,27-35,38-39H2,1-10H3,(H,64,78)(H,65,79)(H,66,75)(H,67,74);/t47-,48-,50+,51+;/m0./s1. The summed E-state index contributed by atoms with van der Waals surface area (Å²) in [7, 11) is -4.09. The second kappa shape index (κ2) is 29.2. The van der Waals surface area contributed by atoms with E-state index in [-0.39, 0.29) is 71.0 Å². The minimum Gasteiger partial charge on any atom is -0.458 e.